The Kier molecular flexibility index (Phi) is 4.40. The van der Waals surface area contributed by atoms with E-state index < -0.39 is 12.2 Å². The molecule has 0 spiro atoms. The Morgan fingerprint density at radius 3 is 2.36 bits per heavy atom. The molecule has 1 aromatic carbocycles. The minimum atomic E-state index is -0.500. The number of anilines is 1. The standard InChI is InChI=1S/C21H27N5O2/c1-6-7-12-24-19(27)17-18(23(5)21(24)28)22-20-25(14(3)15(4)26(17)20)16-10-8-13(2)9-11-16/h8-11,17-18H,6-7,12H2,1-5H3. The molecular formula is C21H27N5O2. The van der Waals surface area contributed by atoms with E-state index in [0.717, 1.165) is 35.9 Å². The van der Waals surface area contributed by atoms with Crippen LogP contribution < -0.4 is 4.90 Å². The monoisotopic (exact) mass is 381 g/mol. The maximum atomic E-state index is 13.3. The second-order valence-electron chi connectivity index (χ2n) is 7.74. The van der Waals surface area contributed by atoms with Crippen LogP contribution in [0.25, 0.3) is 0 Å². The first-order valence-electron chi connectivity index (χ1n) is 9.86. The summed E-state index contributed by atoms with van der Waals surface area (Å²) >= 11 is 0. The number of guanidine groups is 1. The summed E-state index contributed by atoms with van der Waals surface area (Å²) in [4.78, 5) is 37.9. The number of likely N-dealkylation sites (N-methyl/N-ethyl adjacent to an activating group) is 1. The molecule has 0 aromatic heterocycles. The highest BCUT2D eigenvalue weighted by Crippen LogP contribution is 2.39. The Morgan fingerprint density at radius 2 is 1.71 bits per heavy atom. The van der Waals surface area contributed by atoms with Crippen molar-refractivity contribution in [2.45, 2.75) is 52.7 Å². The summed E-state index contributed by atoms with van der Waals surface area (Å²) in [5, 5.41) is 0. The summed E-state index contributed by atoms with van der Waals surface area (Å²) in [7, 11) is 1.74. The number of allylic oxidation sites excluding steroid dienone is 2. The molecule has 0 radical (unpaired) electrons. The molecule has 0 N–H and O–H groups in total. The third kappa shape index (κ3) is 2.52. The van der Waals surface area contributed by atoms with Crippen LogP contribution in [0.15, 0.2) is 40.7 Å². The molecule has 2 atom stereocenters. The topological polar surface area (TPSA) is 59.5 Å². The predicted octanol–water partition coefficient (Wildman–Crippen LogP) is 3.13. The summed E-state index contributed by atoms with van der Waals surface area (Å²) in [5.41, 5.74) is 4.24. The summed E-state index contributed by atoms with van der Waals surface area (Å²) in [6.07, 6.45) is 1.24. The summed E-state index contributed by atoms with van der Waals surface area (Å²) in [5.74, 6) is 0.567. The number of unbranched alkanes of at least 4 members (excludes halogenated alkanes) is 1. The lowest BCUT2D eigenvalue weighted by molar-refractivity contribution is -0.136. The molecule has 3 heterocycles. The van der Waals surface area contributed by atoms with E-state index in [9.17, 15) is 9.59 Å². The third-order valence-corrected chi connectivity index (χ3v) is 5.92. The Balaban J connectivity index is 1.73. The quantitative estimate of drug-likeness (QED) is 0.804. The van der Waals surface area contributed by atoms with Crippen LogP contribution in [0.4, 0.5) is 10.5 Å². The molecular weight excluding hydrogens is 354 g/mol. The lowest BCUT2D eigenvalue weighted by Crippen LogP contribution is -2.64. The first-order valence-corrected chi connectivity index (χ1v) is 9.86. The van der Waals surface area contributed by atoms with Crippen molar-refractivity contribution in [3.63, 3.8) is 0 Å². The van der Waals surface area contributed by atoms with Crippen LogP contribution in [0.2, 0.25) is 0 Å². The molecule has 1 aromatic rings. The van der Waals surface area contributed by atoms with Gasteiger partial charge < -0.3 is 4.90 Å². The number of rotatable bonds is 4. The normalized spacial score (nSPS) is 24.2. The summed E-state index contributed by atoms with van der Waals surface area (Å²) in [6.45, 7) is 8.62. The number of fused-ring (bicyclic) bond motifs is 3. The predicted molar refractivity (Wildman–Crippen MR) is 109 cm³/mol. The zero-order valence-electron chi connectivity index (χ0n) is 17.1. The van der Waals surface area contributed by atoms with E-state index in [0.29, 0.717) is 6.54 Å². The molecule has 7 heteroatoms. The molecule has 3 aliphatic rings. The van der Waals surface area contributed by atoms with Gasteiger partial charge in [0.15, 0.2) is 12.2 Å². The van der Waals surface area contributed by atoms with Gasteiger partial charge in [-0.3, -0.25) is 19.5 Å². The fraction of sp³-hybridized carbons (Fsp3) is 0.476. The number of carbonyl (C=O) groups excluding carboxylic acids is 2. The molecule has 1 saturated heterocycles. The van der Waals surface area contributed by atoms with E-state index in [1.807, 2.05) is 18.7 Å². The molecule has 0 aliphatic carbocycles. The van der Waals surface area contributed by atoms with E-state index in [-0.39, 0.29) is 11.9 Å². The van der Waals surface area contributed by atoms with Crippen LogP contribution >= 0.6 is 0 Å². The highest BCUT2D eigenvalue weighted by molar-refractivity contribution is 6.10. The number of hydrogen-bond donors (Lipinski definition) is 0. The summed E-state index contributed by atoms with van der Waals surface area (Å²) < 4.78 is 0. The third-order valence-electron chi connectivity index (χ3n) is 5.92. The zero-order chi connectivity index (χ0) is 20.2. The Labute approximate surface area is 165 Å². The van der Waals surface area contributed by atoms with Crippen molar-refractivity contribution in [3.8, 4) is 0 Å². The fourth-order valence-corrected chi connectivity index (χ4v) is 4.14. The number of carbonyl (C=O) groups is 2. The number of amides is 3. The van der Waals surface area contributed by atoms with Gasteiger partial charge in [0.05, 0.1) is 0 Å². The van der Waals surface area contributed by atoms with Gasteiger partial charge in [-0.05, 0) is 39.3 Å². The average molecular weight is 381 g/mol. The molecule has 3 aliphatic heterocycles. The number of nitrogens with zero attached hydrogens (tertiary/aromatic N) is 5. The number of urea groups is 1. The highest BCUT2D eigenvalue weighted by Gasteiger charge is 2.55. The van der Waals surface area contributed by atoms with Crippen LogP contribution in [-0.4, -0.2) is 58.4 Å². The van der Waals surface area contributed by atoms with Gasteiger partial charge >= 0.3 is 6.03 Å². The van der Waals surface area contributed by atoms with E-state index in [1.165, 1.54) is 10.5 Å². The molecule has 4 rings (SSSR count). The van der Waals surface area contributed by atoms with Crippen molar-refractivity contribution >= 4 is 23.6 Å². The molecule has 0 saturated carbocycles. The molecule has 7 nitrogen and oxygen atoms in total. The number of aliphatic imine (C=N–C) groups is 1. The second-order valence-corrected chi connectivity index (χ2v) is 7.74. The first-order chi connectivity index (χ1) is 13.4. The van der Waals surface area contributed by atoms with Crippen molar-refractivity contribution in [2.75, 3.05) is 18.5 Å². The van der Waals surface area contributed by atoms with Crippen molar-refractivity contribution < 1.29 is 9.59 Å². The van der Waals surface area contributed by atoms with E-state index in [1.54, 1.807) is 11.9 Å². The molecule has 28 heavy (non-hydrogen) atoms. The molecule has 1 fully saturated rings. The van der Waals surface area contributed by atoms with Crippen molar-refractivity contribution in [1.82, 2.24) is 14.7 Å². The molecule has 148 valence electrons. The molecule has 2 unspecified atom stereocenters. The Bertz CT molecular complexity index is 889. The van der Waals surface area contributed by atoms with E-state index in [4.69, 9.17) is 4.99 Å². The van der Waals surface area contributed by atoms with Gasteiger partial charge in [0.1, 0.15) is 0 Å². The fourth-order valence-electron chi connectivity index (χ4n) is 4.14. The molecule has 3 amide bonds. The van der Waals surface area contributed by atoms with Gasteiger partial charge in [-0.2, -0.15) is 0 Å². The van der Waals surface area contributed by atoms with Crippen molar-refractivity contribution in [2.24, 2.45) is 4.99 Å². The maximum Gasteiger partial charge on any atom is 0.328 e. The number of benzene rings is 1. The van der Waals surface area contributed by atoms with Crippen LogP contribution in [0.3, 0.4) is 0 Å². The highest BCUT2D eigenvalue weighted by atomic mass is 16.2. The van der Waals surface area contributed by atoms with Gasteiger partial charge in [-0.15, -0.1) is 0 Å². The minimum absolute atomic E-state index is 0.154. The van der Waals surface area contributed by atoms with Crippen molar-refractivity contribution in [3.05, 3.63) is 41.2 Å². The average Bonchev–Trinajstić information content (AvgIpc) is 3.17. The van der Waals surface area contributed by atoms with Gasteiger partial charge in [-0.25, -0.2) is 9.79 Å². The second kappa shape index (κ2) is 6.65. The smallest absolute Gasteiger partial charge is 0.302 e. The lowest BCUT2D eigenvalue weighted by Gasteiger charge is -2.40. The lowest BCUT2D eigenvalue weighted by atomic mass is 10.1. The Morgan fingerprint density at radius 1 is 1.04 bits per heavy atom. The Hall–Kier alpha value is -2.83. The number of aryl methyl sites for hydroxylation is 1. The molecule has 0 bridgehead atoms. The maximum absolute atomic E-state index is 13.3. The zero-order valence-corrected chi connectivity index (χ0v) is 17.1. The number of hydrogen-bond acceptors (Lipinski definition) is 5. The van der Waals surface area contributed by atoms with Crippen molar-refractivity contribution in [1.29, 1.82) is 0 Å². The van der Waals surface area contributed by atoms with Crippen LogP contribution in [0.1, 0.15) is 39.2 Å². The minimum Gasteiger partial charge on any atom is -0.302 e. The van der Waals surface area contributed by atoms with E-state index in [2.05, 4.69) is 43.0 Å². The SMILES string of the molecule is CCCCN1C(=O)C2C(N=C3N(c4ccc(C)cc4)C(C)=C(C)N32)N(C)C1=O. The van der Waals surface area contributed by atoms with Crippen LogP contribution in [-0.2, 0) is 4.79 Å². The van der Waals surface area contributed by atoms with Gasteiger partial charge in [0, 0.05) is 30.7 Å². The van der Waals surface area contributed by atoms with E-state index >= 15 is 0 Å². The van der Waals surface area contributed by atoms with Gasteiger partial charge in [0.2, 0.25) is 5.96 Å². The van der Waals surface area contributed by atoms with Crippen LogP contribution in [0.5, 0.6) is 0 Å². The van der Waals surface area contributed by atoms with Gasteiger partial charge in [-0.1, -0.05) is 31.0 Å². The van der Waals surface area contributed by atoms with Gasteiger partial charge in [0.25, 0.3) is 5.91 Å². The first kappa shape index (κ1) is 18.5. The van der Waals surface area contributed by atoms with Crippen LogP contribution in [0, 0.1) is 6.92 Å². The number of imide groups is 1. The largest absolute Gasteiger partial charge is 0.328 e. The summed E-state index contributed by atoms with van der Waals surface area (Å²) in [6, 6.07) is 7.49.